The molecule has 1 aliphatic rings. The molecule has 0 aliphatic carbocycles. The number of carbonyl (C=O) groups is 1. The molecule has 0 bridgehead atoms. The average Bonchev–Trinajstić information content (AvgIpc) is 2.34. The number of nitrogens with zero attached hydrogens (tertiary/aromatic N) is 1. The highest BCUT2D eigenvalue weighted by atomic mass is 16.5. The molecule has 0 saturated carbocycles. The first-order chi connectivity index (χ1) is 8.56. The number of amides is 1. The molecular formula is C13H19N3O2. The first kappa shape index (κ1) is 12.7. The highest BCUT2D eigenvalue weighted by Gasteiger charge is 2.19. The highest BCUT2D eigenvalue weighted by molar-refractivity contribution is 5.93. The summed E-state index contributed by atoms with van der Waals surface area (Å²) in [6.07, 6.45) is 2.10. The van der Waals surface area contributed by atoms with Crippen molar-refractivity contribution in [1.29, 1.82) is 0 Å². The third kappa shape index (κ3) is 2.92. The number of carbonyl (C=O) groups excluding carboxylic acids is 1. The maximum absolute atomic E-state index is 11.1. The molecule has 4 N–H and O–H groups in total. The van der Waals surface area contributed by atoms with Gasteiger partial charge in [-0.15, -0.1) is 0 Å². The molecule has 1 heterocycles. The zero-order valence-corrected chi connectivity index (χ0v) is 10.6. The number of nitrogens with two attached hydrogens (primary N) is 2. The SMILES string of the molecule is CN1CCC(Oc2cc(C(N)=O)ccc2N)CC1. The van der Waals surface area contributed by atoms with Crippen LogP contribution in [0.3, 0.4) is 0 Å². The number of hydrogen-bond acceptors (Lipinski definition) is 4. The number of rotatable bonds is 3. The minimum absolute atomic E-state index is 0.159. The minimum atomic E-state index is -0.469. The molecule has 18 heavy (non-hydrogen) atoms. The molecule has 1 aliphatic heterocycles. The summed E-state index contributed by atoms with van der Waals surface area (Å²) >= 11 is 0. The second-order valence-corrected chi connectivity index (χ2v) is 4.74. The Morgan fingerprint density at radius 3 is 2.67 bits per heavy atom. The summed E-state index contributed by atoms with van der Waals surface area (Å²) in [6.45, 7) is 2.03. The van der Waals surface area contributed by atoms with Crippen LogP contribution >= 0.6 is 0 Å². The van der Waals surface area contributed by atoms with Crippen LogP contribution in [-0.4, -0.2) is 37.0 Å². The number of likely N-dealkylation sites (tertiary alicyclic amines) is 1. The third-order valence-electron chi connectivity index (χ3n) is 3.26. The lowest BCUT2D eigenvalue weighted by Crippen LogP contribution is -2.35. The molecule has 1 amide bonds. The summed E-state index contributed by atoms with van der Waals surface area (Å²) in [4.78, 5) is 13.4. The van der Waals surface area contributed by atoms with E-state index in [1.54, 1.807) is 18.2 Å². The van der Waals surface area contributed by atoms with Crippen molar-refractivity contribution in [3.63, 3.8) is 0 Å². The zero-order chi connectivity index (χ0) is 13.1. The molecular weight excluding hydrogens is 230 g/mol. The number of piperidine rings is 1. The van der Waals surface area contributed by atoms with E-state index in [4.69, 9.17) is 16.2 Å². The summed E-state index contributed by atoms with van der Waals surface area (Å²) in [5.74, 6) is 0.0871. The van der Waals surface area contributed by atoms with Crippen LogP contribution in [0.1, 0.15) is 23.2 Å². The van der Waals surface area contributed by atoms with Gasteiger partial charge in [0.05, 0.1) is 5.69 Å². The second kappa shape index (κ2) is 5.27. The standard InChI is InChI=1S/C13H19N3O2/c1-16-6-4-10(5-7-16)18-12-8-9(13(15)17)2-3-11(12)14/h2-3,8,10H,4-7,14H2,1H3,(H2,15,17). The zero-order valence-electron chi connectivity index (χ0n) is 10.6. The van der Waals surface area contributed by atoms with E-state index < -0.39 is 5.91 Å². The third-order valence-corrected chi connectivity index (χ3v) is 3.26. The Balaban J connectivity index is 2.08. The quantitative estimate of drug-likeness (QED) is 0.778. The van der Waals surface area contributed by atoms with Crippen molar-refractivity contribution < 1.29 is 9.53 Å². The Hall–Kier alpha value is -1.75. The Labute approximate surface area is 107 Å². The van der Waals surface area contributed by atoms with E-state index in [1.165, 1.54) is 0 Å². The first-order valence-corrected chi connectivity index (χ1v) is 6.11. The van der Waals surface area contributed by atoms with E-state index in [9.17, 15) is 4.79 Å². The molecule has 0 spiro atoms. The Morgan fingerprint density at radius 2 is 2.06 bits per heavy atom. The van der Waals surface area contributed by atoms with Crippen LogP contribution in [0, 0.1) is 0 Å². The van der Waals surface area contributed by atoms with Crippen LogP contribution in [-0.2, 0) is 0 Å². The van der Waals surface area contributed by atoms with Crippen molar-refractivity contribution in [2.45, 2.75) is 18.9 Å². The number of ether oxygens (including phenoxy) is 1. The van der Waals surface area contributed by atoms with Gasteiger partial charge in [0.1, 0.15) is 11.9 Å². The van der Waals surface area contributed by atoms with E-state index in [0.717, 1.165) is 25.9 Å². The lowest BCUT2D eigenvalue weighted by atomic mass is 10.1. The monoisotopic (exact) mass is 249 g/mol. The average molecular weight is 249 g/mol. The maximum atomic E-state index is 11.1. The summed E-state index contributed by atoms with van der Waals surface area (Å²) in [7, 11) is 2.10. The minimum Gasteiger partial charge on any atom is -0.488 e. The summed E-state index contributed by atoms with van der Waals surface area (Å²) in [6, 6.07) is 4.89. The summed E-state index contributed by atoms with van der Waals surface area (Å²) in [5.41, 5.74) is 12.1. The van der Waals surface area contributed by atoms with Gasteiger partial charge in [0.15, 0.2) is 0 Å². The van der Waals surface area contributed by atoms with Gasteiger partial charge in [-0.2, -0.15) is 0 Å². The lowest BCUT2D eigenvalue weighted by Gasteiger charge is -2.29. The number of anilines is 1. The largest absolute Gasteiger partial charge is 0.488 e. The number of nitrogen functional groups attached to an aromatic ring is 1. The van der Waals surface area contributed by atoms with Gasteiger partial charge >= 0.3 is 0 Å². The molecule has 5 nitrogen and oxygen atoms in total. The normalized spacial score (nSPS) is 17.6. The fraction of sp³-hybridized carbons (Fsp3) is 0.462. The maximum Gasteiger partial charge on any atom is 0.248 e. The first-order valence-electron chi connectivity index (χ1n) is 6.11. The number of benzene rings is 1. The van der Waals surface area contributed by atoms with Crippen LogP contribution in [0.25, 0.3) is 0 Å². The Morgan fingerprint density at radius 1 is 1.39 bits per heavy atom. The van der Waals surface area contributed by atoms with E-state index >= 15 is 0 Å². The Kier molecular flexibility index (Phi) is 3.72. The summed E-state index contributed by atoms with van der Waals surface area (Å²) in [5, 5.41) is 0. The fourth-order valence-corrected chi connectivity index (χ4v) is 2.07. The van der Waals surface area contributed by atoms with E-state index in [-0.39, 0.29) is 6.10 Å². The fourth-order valence-electron chi connectivity index (χ4n) is 2.07. The van der Waals surface area contributed by atoms with Crippen molar-refractivity contribution in [3.8, 4) is 5.75 Å². The van der Waals surface area contributed by atoms with Gasteiger partial charge in [0, 0.05) is 18.7 Å². The van der Waals surface area contributed by atoms with Gasteiger partial charge < -0.3 is 21.1 Å². The highest BCUT2D eigenvalue weighted by Crippen LogP contribution is 2.26. The van der Waals surface area contributed by atoms with Crippen molar-refractivity contribution in [2.24, 2.45) is 5.73 Å². The molecule has 1 aromatic rings. The summed E-state index contributed by atoms with van der Waals surface area (Å²) < 4.78 is 5.87. The molecule has 1 saturated heterocycles. The van der Waals surface area contributed by atoms with Gasteiger partial charge in [0.25, 0.3) is 0 Å². The molecule has 0 unspecified atom stereocenters. The second-order valence-electron chi connectivity index (χ2n) is 4.74. The molecule has 1 fully saturated rings. The predicted molar refractivity (Wildman–Crippen MR) is 70.5 cm³/mol. The van der Waals surface area contributed by atoms with Crippen molar-refractivity contribution in [3.05, 3.63) is 23.8 Å². The van der Waals surface area contributed by atoms with Crippen LogP contribution in [0.4, 0.5) is 5.69 Å². The van der Waals surface area contributed by atoms with Gasteiger partial charge in [0.2, 0.25) is 5.91 Å². The van der Waals surface area contributed by atoms with Crippen molar-refractivity contribution >= 4 is 11.6 Å². The smallest absolute Gasteiger partial charge is 0.248 e. The van der Waals surface area contributed by atoms with Crippen LogP contribution in [0.2, 0.25) is 0 Å². The van der Waals surface area contributed by atoms with E-state index in [1.807, 2.05) is 0 Å². The molecule has 2 rings (SSSR count). The van der Waals surface area contributed by atoms with Gasteiger partial charge in [-0.1, -0.05) is 0 Å². The lowest BCUT2D eigenvalue weighted by molar-refractivity contribution is 0.0996. The molecule has 0 aromatic heterocycles. The molecule has 5 heteroatoms. The molecule has 1 aromatic carbocycles. The van der Waals surface area contributed by atoms with Crippen LogP contribution in [0.15, 0.2) is 18.2 Å². The van der Waals surface area contributed by atoms with Gasteiger partial charge in [-0.05, 0) is 38.1 Å². The molecule has 0 radical (unpaired) electrons. The molecule has 0 atom stereocenters. The predicted octanol–water partition coefficient (Wildman–Crippen LogP) is 0.841. The van der Waals surface area contributed by atoms with E-state index in [0.29, 0.717) is 17.0 Å². The van der Waals surface area contributed by atoms with Gasteiger partial charge in [-0.3, -0.25) is 4.79 Å². The van der Waals surface area contributed by atoms with Crippen molar-refractivity contribution in [1.82, 2.24) is 4.90 Å². The number of primary amides is 1. The van der Waals surface area contributed by atoms with Crippen molar-refractivity contribution in [2.75, 3.05) is 25.9 Å². The van der Waals surface area contributed by atoms with Crippen LogP contribution < -0.4 is 16.2 Å². The van der Waals surface area contributed by atoms with Gasteiger partial charge in [-0.25, -0.2) is 0 Å². The number of hydrogen-bond donors (Lipinski definition) is 2. The van der Waals surface area contributed by atoms with Crippen LogP contribution in [0.5, 0.6) is 5.75 Å². The van der Waals surface area contributed by atoms with E-state index in [2.05, 4.69) is 11.9 Å². The topological polar surface area (TPSA) is 81.6 Å². The Bertz CT molecular complexity index is 440. The molecule has 98 valence electrons.